The van der Waals surface area contributed by atoms with E-state index in [0.29, 0.717) is 17.7 Å². The van der Waals surface area contributed by atoms with Gasteiger partial charge >= 0.3 is 0 Å². The van der Waals surface area contributed by atoms with E-state index in [9.17, 15) is 14.9 Å². The topological polar surface area (TPSA) is 90.1 Å². The number of rotatable bonds is 7. The second-order valence-corrected chi connectivity index (χ2v) is 5.63. The molecule has 0 spiro atoms. The molecule has 1 amide bonds. The normalized spacial score (nSPS) is 11.9. The van der Waals surface area contributed by atoms with Gasteiger partial charge in [0.15, 0.2) is 0 Å². The van der Waals surface area contributed by atoms with Crippen LogP contribution in [0.5, 0.6) is 0 Å². The molecule has 0 fully saturated rings. The van der Waals surface area contributed by atoms with E-state index in [-0.39, 0.29) is 23.9 Å². The highest BCUT2D eigenvalue weighted by atomic mass is 16.6. The minimum absolute atomic E-state index is 0.0438. The fourth-order valence-corrected chi connectivity index (χ4v) is 2.38. The SMILES string of the molecule is Cc1c(CC(=O)NC[C@H](C)Cn2cccn2)cccc1[N+](=O)[O-]. The molecule has 0 saturated carbocycles. The largest absolute Gasteiger partial charge is 0.355 e. The maximum atomic E-state index is 12.0. The Hall–Kier alpha value is -2.70. The molecule has 1 aromatic carbocycles. The number of amides is 1. The van der Waals surface area contributed by atoms with Gasteiger partial charge in [-0.05, 0) is 24.5 Å². The minimum Gasteiger partial charge on any atom is -0.355 e. The van der Waals surface area contributed by atoms with E-state index in [1.807, 2.05) is 23.9 Å². The van der Waals surface area contributed by atoms with Crippen molar-refractivity contribution in [2.24, 2.45) is 5.92 Å². The van der Waals surface area contributed by atoms with Gasteiger partial charge in [-0.1, -0.05) is 19.1 Å². The summed E-state index contributed by atoms with van der Waals surface area (Å²) in [6.45, 7) is 4.96. The molecule has 1 atom stereocenters. The van der Waals surface area contributed by atoms with Crippen LogP contribution in [0.1, 0.15) is 18.1 Å². The smallest absolute Gasteiger partial charge is 0.272 e. The Balaban J connectivity index is 1.87. The standard InChI is InChI=1S/C16H20N4O3/c1-12(11-19-8-4-7-18-19)10-17-16(21)9-14-5-3-6-15(13(14)2)20(22)23/h3-8,12H,9-11H2,1-2H3,(H,17,21)/t12-/m0/s1. The van der Waals surface area contributed by atoms with Gasteiger partial charge in [-0.15, -0.1) is 0 Å². The molecule has 23 heavy (non-hydrogen) atoms. The molecule has 0 bridgehead atoms. The van der Waals surface area contributed by atoms with Gasteiger partial charge in [-0.25, -0.2) is 0 Å². The van der Waals surface area contributed by atoms with E-state index in [4.69, 9.17) is 0 Å². The van der Waals surface area contributed by atoms with Gasteiger partial charge in [0.05, 0.1) is 11.3 Å². The average molecular weight is 316 g/mol. The zero-order valence-electron chi connectivity index (χ0n) is 13.2. The van der Waals surface area contributed by atoms with Crippen molar-refractivity contribution in [2.75, 3.05) is 6.54 Å². The molecule has 2 aromatic rings. The van der Waals surface area contributed by atoms with Crippen LogP contribution in [-0.2, 0) is 17.8 Å². The predicted octanol–water partition coefficient (Wildman–Crippen LogP) is 2.09. The third-order valence-electron chi connectivity index (χ3n) is 3.67. The quantitative estimate of drug-likeness (QED) is 0.625. The monoisotopic (exact) mass is 316 g/mol. The van der Waals surface area contributed by atoms with E-state index in [1.54, 1.807) is 25.3 Å². The number of carbonyl (C=O) groups is 1. The molecular formula is C16H20N4O3. The van der Waals surface area contributed by atoms with Crippen molar-refractivity contribution in [3.63, 3.8) is 0 Å². The number of nitrogens with zero attached hydrogens (tertiary/aromatic N) is 3. The second-order valence-electron chi connectivity index (χ2n) is 5.63. The van der Waals surface area contributed by atoms with Gasteiger partial charge in [-0.2, -0.15) is 5.10 Å². The van der Waals surface area contributed by atoms with Gasteiger partial charge in [0.25, 0.3) is 5.69 Å². The fraction of sp³-hybridized carbons (Fsp3) is 0.375. The summed E-state index contributed by atoms with van der Waals surface area (Å²) >= 11 is 0. The van der Waals surface area contributed by atoms with Crippen molar-refractivity contribution in [2.45, 2.75) is 26.8 Å². The first-order chi connectivity index (χ1) is 11.0. The van der Waals surface area contributed by atoms with Crippen LogP contribution in [0.25, 0.3) is 0 Å². The predicted molar refractivity (Wildman–Crippen MR) is 85.9 cm³/mol. The van der Waals surface area contributed by atoms with Crippen LogP contribution in [0.2, 0.25) is 0 Å². The van der Waals surface area contributed by atoms with Crippen LogP contribution in [0, 0.1) is 23.0 Å². The van der Waals surface area contributed by atoms with Crippen LogP contribution in [-0.4, -0.2) is 27.2 Å². The third-order valence-corrected chi connectivity index (χ3v) is 3.67. The van der Waals surface area contributed by atoms with E-state index in [1.165, 1.54) is 6.07 Å². The summed E-state index contributed by atoms with van der Waals surface area (Å²) in [7, 11) is 0. The van der Waals surface area contributed by atoms with Crippen LogP contribution < -0.4 is 5.32 Å². The maximum Gasteiger partial charge on any atom is 0.272 e. The van der Waals surface area contributed by atoms with Gasteiger partial charge in [-0.3, -0.25) is 19.6 Å². The lowest BCUT2D eigenvalue weighted by Gasteiger charge is -2.13. The molecule has 122 valence electrons. The maximum absolute atomic E-state index is 12.0. The molecule has 0 unspecified atom stereocenters. The third kappa shape index (κ3) is 4.64. The molecule has 7 heteroatoms. The molecule has 2 rings (SSSR count). The van der Waals surface area contributed by atoms with Crippen molar-refractivity contribution in [3.8, 4) is 0 Å². The molecule has 1 aromatic heterocycles. The summed E-state index contributed by atoms with van der Waals surface area (Å²) in [6, 6.07) is 6.66. The van der Waals surface area contributed by atoms with Crippen molar-refractivity contribution in [3.05, 3.63) is 57.9 Å². The highest BCUT2D eigenvalue weighted by molar-refractivity contribution is 5.79. The number of hydrogen-bond acceptors (Lipinski definition) is 4. The lowest BCUT2D eigenvalue weighted by atomic mass is 10.0. The first kappa shape index (κ1) is 16.7. The van der Waals surface area contributed by atoms with E-state index < -0.39 is 4.92 Å². The lowest BCUT2D eigenvalue weighted by Crippen LogP contribution is -2.31. The number of nitro benzene ring substituents is 1. The number of hydrogen-bond donors (Lipinski definition) is 1. The Bertz CT molecular complexity index is 683. The molecule has 0 saturated heterocycles. The Morgan fingerprint density at radius 3 is 2.87 bits per heavy atom. The van der Waals surface area contributed by atoms with Gasteiger partial charge in [0, 0.05) is 37.1 Å². The molecule has 0 aliphatic carbocycles. The number of carbonyl (C=O) groups excluding carboxylic acids is 1. The highest BCUT2D eigenvalue weighted by Crippen LogP contribution is 2.21. The molecule has 1 heterocycles. The Morgan fingerprint density at radius 1 is 1.43 bits per heavy atom. The molecule has 0 aliphatic heterocycles. The summed E-state index contributed by atoms with van der Waals surface area (Å²) in [6.07, 6.45) is 3.74. The van der Waals surface area contributed by atoms with Crippen LogP contribution in [0.4, 0.5) is 5.69 Å². The molecule has 7 nitrogen and oxygen atoms in total. The van der Waals surface area contributed by atoms with Crippen LogP contribution in [0.15, 0.2) is 36.7 Å². The number of aromatic nitrogens is 2. The van der Waals surface area contributed by atoms with Gasteiger partial charge in [0.1, 0.15) is 0 Å². The molecular weight excluding hydrogens is 296 g/mol. The summed E-state index contributed by atoms with van der Waals surface area (Å²) in [5.41, 5.74) is 1.26. The first-order valence-electron chi connectivity index (χ1n) is 7.44. The zero-order chi connectivity index (χ0) is 16.8. The Labute approximate surface area is 134 Å². The van der Waals surface area contributed by atoms with Crippen molar-refractivity contribution >= 4 is 11.6 Å². The number of nitro groups is 1. The second kappa shape index (κ2) is 7.53. The summed E-state index contributed by atoms with van der Waals surface area (Å²) in [5.74, 6) is 0.103. The first-order valence-corrected chi connectivity index (χ1v) is 7.44. The number of benzene rings is 1. The summed E-state index contributed by atoms with van der Waals surface area (Å²) < 4.78 is 1.82. The van der Waals surface area contributed by atoms with Crippen molar-refractivity contribution < 1.29 is 9.72 Å². The van der Waals surface area contributed by atoms with Crippen LogP contribution in [0.3, 0.4) is 0 Å². The number of nitrogens with one attached hydrogen (secondary N) is 1. The Morgan fingerprint density at radius 2 is 2.22 bits per heavy atom. The fourth-order valence-electron chi connectivity index (χ4n) is 2.38. The van der Waals surface area contributed by atoms with Crippen molar-refractivity contribution in [1.29, 1.82) is 0 Å². The van der Waals surface area contributed by atoms with Crippen molar-refractivity contribution in [1.82, 2.24) is 15.1 Å². The summed E-state index contributed by atoms with van der Waals surface area (Å²) in [4.78, 5) is 22.5. The van der Waals surface area contributed by atoms with Gasteiger partial charge < -0.3 is 5.32 Å². The van der Waals surface area contributed by atoms with Gasteiger partial charge in [0.2, 0.25) is 5.91 Å². The van der Waals surface area contributed by atoms with E-state index in [0.717, 1.165) is 6.54 Å². The average Bonchev–Trinajstić information content (AvgIpc) is 3.00. The minimum atomic E-state index is -0.428. The zero-order valence-corrected chi connectivity index (χ0v) is 13.2. The lowest BCUT2D eigenvalue weighted by molar-refractivity contribution is -0.385. The summed E-state index contributed by atoms with van der Waals surface area (Å²) in [5, 5.41) is 17.9. The molecule has 1 N–H and O–H groups in total. The van der Waals surface area contributed by atoms with Crippen LogP contribution >= 0.6 is 0 Å². The molecule has 0 radical (unpaired) electrons. The highest BCUT2D eigenvalue weighted by Gasteiger charge is 2.15. The Kier molecular flexibility index (Phi) is 5.46. The van der Waals surface area contributed by atoms with E-state index >= 15 is 0 Å². The van der Waals surface area contributed by atoms with E-state index in [2.05, 4.69) is 10.4 Å². The molecule has 0 aliphatic rings.